The highest BCUT2D eigenvalue weighted by Gasteiger charge is 2.41. The average Bonchev–Trinajstić information content (AvgIpc) is 3.38. The molecule has 0 bridgehead atoms. The van der Waals surface area contributed by atoms with Crippen LogP contribution in [0.1, 0.15) is 11.1 Å². The number of hydrogen-bond donors (Lipinski definition) is 2. The van der Waals surface area contributed by atoms with Crippen molar-refractivity contribution in [2.75, 3.05) is 7.11 Å². The van der Waals surface area contributed by atoms with Crippen LogP contribution >= 0.6 is 0 Å². The van der Waals surface area contributed by atoms with Gasteiger partial charge in [0.25, 0.3) is 11.8 Å². The molecular weight excluding hydrogens is 360 g/mol. The predicted octanol–water partition coefficient (Wildman–Crippen LogP) is 3.59. The fraction of sp³-hybridized carbons (Fsp3) is 0.0476. The van der Waals surface area contributed by atoms with E-state index in [1.165, 1.54) is 6.26 Å². The lowest BCUT2D eigenvalue weighted by Gasteiger charge is -2.03. The smallest absolute Gasteiger partial charge is 0.286 e. The van der Waals surface area contributed by atoms with E-state index in [0.29, 0.717) is 27.8 Å². The Labute approximate surface area is 158 Å². The number of carbonyl (C=O) groups excluding carboxylic acids is 2. The van der Waals surface area contributed by atoms with E-state index < -0.39 is 11.8 Å². The largest absolute Gasteiger partial charge is 0.497 e. The van der Waals surface area contributed by atoms with E-state index in [-0.39, 0.29) is 16.2 Å². The molecule has 2 aromatic carbocycles. The Hall–Kier alpha value is -3.84. The number of carbonyl (C=O) groups is 2. The van der Waals surface area contributed by atoms with Crippen LogP contribution in [-0.4, -0.2) is 34.2 Å². The first kappa shape index (κ1) is 16.3. The summed E-state index contributed by atoms with van der Waals surface area (Å²) in [4.78, 5) is 28.6. The molecule has 28 heavy (non-hydrogen) atoms. The molecule has 0 atom stereocenters. The summed E-state index contributed by atoms with van der Waals surface area (Å²) < 4.78 is 10.8. The number of nitrogens with one attached hydrogen (secondary N) is 1. The summed E-state index contributed by atoms with van der Waals surface area (Å²) in [7, 11) is 1.55. The molecule has 0 saturated carbocycles. The molecule has 138 valence electrons. The predicted molar refractivity (Wildman–Crippen MR) is 102 cm³/mol. The number of hydroxylamine groups is 2. The molecule has 0 spiro atoms. The second-order valence-electron chi connectivity index (χ2n) is 6.43. The monoisotopic (exact) mass is 374 g/mol. The summed E-state index contributed by atoms with van der Waals surface area (Å²) in [6.45, 7) is 0. The number of aromatic nitrogens is 1. The molecule has 7 nitrogen and oxygen atoms in total. The van der Waals surface area contributed by atoms with Gasteiger partial charge in [-0.3, -0.25) is 14.8 Å². The van der Waals surface area contributed by atoms with E-state index in [1.807, 2.05) is 24.3 Å². The Morgan fingerprint density at radius 3 is 2.54 bits per heavy atom. The minimum atomic E-state index is -0.788. The van der Waals surface area contributed by atoms with Gasteiger partial charge in [0.15, 0.2) is 0 Å². The van der Waals surface area contributed by atoms with Gasteiger partial charge in [-0.1, -0.05) is 18.2 Å². The molecule has 1 aliphatic rings. The van der Waals surface area contributed by atoms with Crippen molar-refractivity contribution in [2.24, 2.45) is 0 Å². The van der Waals surface area contributed by atoms with E-state index in [2.05, 4.69) is 4.98 Å². The van der Waals surface area contributed by atoms with E-state index in [1.54, 1.807) is 31.5 Å². The number of furan rings is 1. The van der Waals surface area contributed by atoms with E-state index in [9.17, 15) is 14.8 Å². The van der Waals surface area contributed by atoms with Crippen molar-refractivity contribution in [1.82, 2.24) is 10.0 Å². The van der Waals surface area contributed by atoms with Gasteiger partial charge in [0.1, 0.15) is 11.3 Å². The lowest BCUT2D eigenvalue weighted by atomic mass is 9.95. The molecule has 3 heterocycles. The van der Waals surface area contributed by atoms with Crippen LogP contribution in [0.2, 0.25) is 0 Å². The maximum Gasteiger partial charge on any atom is 0.286 e. The Bertz CT molecular complexity index is 1310. The molecule has 2 aromatic heterocycles. The molecule has 5 rings (SSSR count). The number of amides is 2. The lowest BCUT2D eigenvalue weighted by molar-refractivity contribution is -0.168. The van der Waals surface area contributed by atoms with Crippen molar-refractivity contribution in [3.63, 3.8) is 0 Å². The third-order valence-electron chi connectivity index (χ3n) is 4.97. The highest BCUT2D eigenvalue weighted by atomic mass is 16.5. The number of para-hydroxylation sites is 1. The van der Waals surface area contributed by atoms with Gasteiger partial charge < -0.3 is 14.1 Å². The topological polar surface area (TPSA) is 95.8 Å². The number of nitrogens with zero attached hydrogens (tertiary/aromatic N) is 1. The van der Waals surface area contributed by atoms with Gasteiger partial charge in [0, 0.05) is 39.7 Å². The summed E-state index contributed by atoms with van der Waals surface area (Å²) in [6, 6.07) is 12.6. The number of methoxy groups -OCH3 is 1. The van der Waals surface area contributed by atoms with Crippen LogP contribution < -0.4 is 4.74 Å². The van der Waals surface area contributed by atoms with Crippen molar-refractivity contribution in [3.8, 4) is 5.75 Å². The first-order chi connectivity index (χ1) is 13.6. The van der Waals surface area contributed by atoms with Crippen molar-refractivity contribution in [1.29, 1.82) is 0 Å². The standard InChI is InChI=1S/C21H14N2O5/c1-27-11-6-7-13-15(10-28-17(13)8-11)19-18(20(24)23(26)21(19)25)14-9-22-16-5-3-2-4-12(14)16/h2-10,22,26H,1H3. The van der Waals surface area contributed by atoms with Gasteiger partial charge in [0.2, 0.25) is 0 Å². The lowest BCUT2D eigenvalue weighted by Crippen LogP contribution is -2.27. The maximum atomic E-state index is 12.7. The quantitative estimate of drug-likeness (QED) is 0.422. The van der Waals surface area contributed by atoms with E-state index in [4.69, 9.17) is 9.15 Å². The highest BCUT2D eigenvalue weighted by Crippen LogP contribution is 2.41. The van der Waals surface area contributed by atoms with E-state index in [0.717, 1.165) is 10.9 Å². The van der Waals surface area contributed by atoms with Crippen molar-refractivity contribution in [2.45, 2.75) is 0 Å². The first-order valence-electron chi connectivity index (χ1n) is 8.54. The van der Waals surface area contributed by atoms with Gasteiger partial charge in [-0.05, 0) is 18.2 Å². The summed E-state index contributed by atoms with van der Waals surface area (Å²) in [5.41, 5.74) is 2.54. The van der Waals surface area contributed by atoms with Crippen LogP contribution in [0, 0.1) is 0 Å². The molecular formula is C21H14N2O5. The molecule has 0 saturated heterocycles. The van der Waals surface area contributed by atoms with Gasteiger partial charge in [-0.15, -0.1) is 5.06 Å². The zero-order chi connectivity index (χ0) is 19.4. The average molecular weight is 374 g/mol. The number of imide groups is 1. The van der Waals surface area contributed by atoms with Crippen molar-refractivity contribution < 1.29 is 24.0 Å². The number of aromatic amines is 1. The number of fused-ring (bicyclic) bond motifs is 2. The molecule has 1 aliphatic heterocycles. The third-order valence-corrected chi connectivity index (χ3v) is 4.97. The molecule has 0 radical (unpaired) electrons. The maximum absolute atomic E-state index is 12.7. The number of ether oxygens (including phenoxy) is 1. The van der Waals surface area contributed by atoms with Crippen molar-refractivity contribution in [3.05, 3.63) is 66.1 Å². The minimum absolute atomic E-state index is 0.0983. The minimum Gasteiger partial charge on any atom is -0.497 e. The zero-order valence-corrected chi connectivity index (χ0v) is 14.7. The first-order valence-corrected chi connectivity index (χ1v) is 8.54. The van der Waals surface area contributed by atoms with Crippen LogP contribution in [0.15, 0.2) is 59.3 Å². The van der Waals surface area contributed by atoms with Crippen LogP contribution in [-0.2, 0) is 9.59 Å². The zero-order valence-electron chi connectivity index (χ0n) is 14.7. The second kappa shape index (κ2) is 5.83. The van der Waals surface area contributed by atoms with Crippen LogP contribution in [0.5, 0.6) is 5.75 Å². The summed E-state index contributed by atoms with van der Waals surface area (Å²) in [5, 5.41) is 11.6. The van der Waals surface area contributed by atoms with Crippen molar-refractivity contribution >= 4 is 44.8 Å². The number of hydrogen-bond acceptors (Lipinski definition) is 5. The fourth-order valence-electron chi connectivity index (χ4n) is 3.63. The number of benzene rings is 2. The van der Waals surface area contributed by atoms with Gasteiger partial charge in [-0.25, -0.2) is 0 Å². The second-order valence-corrected chi connectivity index (χ2v) is 6.43. The van der Waals surface area contributed by atoms with Gasteiger partial charge >= 0.3 is 0 Å². The summed E-state index contributed by atoms with van der Waals surface area (Å²) in [6.07, 6.45) is 3.08. The van der Waals surface area contributed by atoms with Crippen LogP contribution in [0.25, 0.3) is 33.0 Å². The van der Waals surface area contributed by atoms with Crippen LogP contribution in [0.3, 0.4) is 0 Å². The molecule has 7 heteroatoms. The Morgan fingerprint density at radius 2 is 1.75 bits per heavy atom. The Morgan fingerprint density at radius 1 is 1.00 bits per heavy atom. The van der Waals surface area contributed by atoms with E-state index >= 15 is 0 Å². The van der Waals surface area contributed by atoms with Gasteiger partial charge in [0.05, 0.1) is 24.5 Å². The van der Waals surface area contributed by atoms with Crippen LogP contribution in [0.4, 0.5) is 0 Å². The molecule has 2 amide bonds. The normalized spacial score (nSPS) is 14.7. The Balaban J connectivity index is 1.81. The molecule has 0 aliphatic carbocycles. The number of rotatable bonds is 3. The third kappa shape index (κ3) is 2.14. The number of H-pyrrole nitrogens is 1. The molecule has 2 N–H and O–H groups in total. The molecule has 0 unspecified atom stereocenters. The van der Waals surface area contributed by atoms with Gasteiger partial charge in [-0.2, -0.15) is 0 Å². The molecule has 4 aromatic rings. The highest BCUT2D eigenvalue weighted by molar-refractivity contribution is 6.50. The SMILES string of the molecule is COc1ccc2c(C3=C(c4c[nH]c5ccccc45)C(=O)N(O)C3=O)coc2c1. The Kier molecular flexibility index (Phi) is 3.40. The molecule has 0 fully saturated rings. The summed E-state index contributed by atoms with van der Waals surface area (Å²) in [5.74, 6) is -0.951. The summed E-state index contributed by atoms with van der Waals surface area (Å²) >= 11 is 0. The fourth-order valence-corrected chi connectivity index (χ4v) is 3.63.